The Bertz CT molecular complexity index is 591. The van der Waals surface area contributed by atoms with Crippen molar-refractivity contribution >= 4 is 11.8 Å². The Morgan fingerprint density at radius 2 is 1.92 bits per heavy atom. The van der Waals surface area contributed by atoms with Gasteiger partial charge < -0.3 is 9.64 Å². The van der Waals surface area contributed by atoms with Crippen molar-refractivity contribution in [2.75, 3.05) is 19.7 Å². The molecule has 140 valence electrons. The van der Waals surface area contributed by atoms with Crippen molar-refractivity contribution in [1.29, 1.82) is 0 Å². The van der Waals surface area contributed by atoms with E-state index >= 15 is 0 Å². The second kappa shape index (κ2) is 6.65. The highest BCUT2D eigenvalue weighted by molar-refractivity contribution is 6.03. The summed E-state index contributed by atoms with van der Waals surface area (Å²) in [5.41, 5.74) is -0.0982. The lowest BCUT2D eigenvalue weighted by Crippen LogP contribution is -2.49. The van der Waals surface area contributed by atoms with E-state index < -0.39 is 17.4 Å². The molecule has 0 N–H and O–H groups in total. The van der Waals surface area contributed by atoms with E-state index in [0.29, 0.717) is 57.5 Å². The number of carbonyl (C=O) groups is 2. The summed E-state index contributed by atoms with van der Waals surface area (Å²) in [4.78, 5) is 25.9. The van der Waals surface area contributed by atoms with Gasteiger partial charge in [0, 0.05) is 29.8 Å². The van der Waals surface area contributed by atoms with Crippen LogP contribution in [0.5, 0.6) is 0 Å². The summed E-state index contributed by atoms with van der Waals surface area (Å²) in [6, 6.07) is 0. The Kier molecular flexibility index (Phi) is 4.86. The van der Waals surface area contributed by atoms with E-state index in [-0.39, 0.29) is 17.5 Å². The quantitative estimate of drug-likeness (QED) is 0.720. The van der Waals surface area contributed by atoms with Crippen LogP contribution >= 0.6 is 0 Å². The first-order valence-corrected chi connectivity index (χ1v) is 9.05. The number of ether oxygens (including phenoxy) is 1. The van der Waals surface area contributed by atoms with Crippen molar-refractivity contribution in [3.05, 3.63) is 11.3 Å². The van der Waals surface area contributed by atoms with E-state index in [2.05, 4.69) is 0 Å². The lowest BCUT2D eigenvalue weighted by atomic mass is 9.63. The third kappa shape index (κ3) is 3.29. The number of esters is 1. The third-order valence-corrected chi connectivity index (χ3v) is 5.79. The SMILES string of the molecule is CCOC(=O)C1CCCN(C2=C(C(=O)C(F)(F)F)C3(CCCC3)C2)C1. The summed E-state index contributed by atoms with van der Waals surface area (Å²) in [5.74, 6) is -2.32. The smallest absolute Gasteiger partial charge is 0.454 e. The van der Waals surface area contributed by atoms with Crippen LogP contribution in [0.25, 0.3) is 0 Å². The van der Waals surface area contributed by atoms with Gasteiger partial charge in [0.2, 0.25) is 0 Å². The maximum Gasteiger partial charge on any atom is 0.454 e. The molecule has 7 heteroatoms. The molecule has 3 rings (SSSR count). The summed E-state index contributed by atoms with van der Waals surface area (Å²) in [5, 5.41) is 0. The topological polar surface area (TPSA) is 46.6 Å². The second-order valence-corrected chi connectivity index (χ2v) is 7.35. The molecule has 1 saturated heterocycles. The molecule has 1 unspecified atom stereocenters. The van der Waals surface area contributed by atoms with Crippen LogP contribution in [0.4, 0.5) is 13.2 Å². The fourth-order valence-corrected chi connectivity index (χ4v) is 4.63. The zero-order valence-corrected chi connectivity index (χ0v) is 14.5. The fraction of sp³-hybridized carbons (Fsp3) is 0.778. The number of allylic oxidation sites excluding steroid dienone is 2. The van der Waals surface area contributed by atoms with Crippen molar-refractivity contribution < 1.29 is 27.5 Å². The summed E-state index contributed by atoms with van der Waals surface area (Å²) in [6.45, 7) is 2.96. The van der Waals surface area contributed by atoms with Gasteiger partial charge in [-0.05, 0) is 39.0 Å². The zero-order chi connectivity index (χ0) is 18.2. The fourth-order valence-electron chi connectivity index (χ4n) is 4.63. The number of rotatable bonds is 4. The first kappa shape index (κ1) is 18.3. The number of alkyl halides is 3. The van der Waals surface area contributed by atoms with Crippen molar-refractivity contribution in [3.63, 3.8) is 0 Å². The highest BCUT2D eigenvalue weighted by Crippen LogP contribution is 2.59. The highest BCUT2D eigenvalue weighted by Gasteiger charge is 2.57. The molecule has 1 aliphatic heterocycles. The number of Topliss-reactive ketones (excluding diaryl/α,β-unsaturated/α-hetero) is 1. The molecule has 0 aromatic carbocycles. The number of hydrogen-bond donors (Lipinski definition) is 0. The van der Waals surface area contributed by atoms with E-state index in [9.17, 15) is 22.8 Å². The van der Waals surface area contributed by atoms with E-state index in [1.165, 1.54) is 0 Å². The molecular weight excluding hydrogens is 335 g/mol. The number of hydrogen-bond acceptors (Lipinski definition) is 4. The minimum Gasteiger partial charge on any atom is -0.466 e. The summed E-state index contributed by atoms with van der Waals surface area (Å²) < 4.78 is 44.4. The van der Waals surface area contributed by atoms with E-state index in [0.717, 1.165) is 12.8 Å². The molecule has 0 aromatic heterocycles. The van der Waals surface area contributed by atoms with Crippen LogP contribution in [-0.4, -0.2) is 42.5 Å². The van der Waals surface area contributed by atoms with Gasteiger partial charge in [-0.25, -0.2) is 0 Å². The van der Waals surface area contributed by atoms with Crippen LogP contribution in [0.1, 0.15) is 51.9 Å². The number of carbonyl (C=O) groups excluding carboxylic acids is 2. The van der Waals surface area contributed by atoms with Gasteiger partial charge in [0.15, 0.2) is 0 Å². The van der Waals surface area contributed by atoms with Gasteiger partial charge in [0.1, 0.15) is 0 Å². The number of likely N-dealkylation sites (tertiary alicyclic amines) is 1. The predicted octanol–water partition coefficient (Wildman–Crippen LogP) is 3.61. The molecule has 1 spiro atoms. The molecule has 0 radical (unpaired) electrons. The van der Waals surface area contributed by atoms with Crippen LogP contribution in [0, 0.1) is 11.3 Å². The minimum atomic E-state index is -4.84. The van der Waals surface area contributed by atoms with Crippen LogP contribution in [0.2, 0.25) is 0 Å². The van der Waals surface area contributed by atoms with Gasteiger partial charge in [-0.3, -0.25) is 9.59 Å². The van der Waals surface area contributed by atoms with Crippen molar-refractivity contribution in [1.82, 2.24) is 4.90 Å². The second-order valence-electron chi connectivity index (χ2n) is 7.35. The molecular formula is C18H24F3NO3. The molecule has 1 saturated carbocycles. The molecule has 0 amide bonds. The Labute approximate surface area is 145 Å². The van der Waals surface area contributed by atoms with Crippen LogP contribution in [0.15, 0.2) is 11.3 Å². The standard InChI is InChI=1S/C18H24F3NO3/c1-2-25-16(24)12-6-5-9-22(11-12)13-10-17(7-3-4-8-17)14(13)15(23)18(19,20)21/h12H,2-11H2,1H3. The molecule has 0 aromatic rings. The maximum atomic E-state index is 13.1. The van der Waals surface area contributed by atoms with E-state index in [1.807, 2.05) is 4.90 Å². The summed E-state index contributed by atoms with van der Waals surface area (Å²) in [7, 11) is 0. The average Bonchev–Trinajstić information content (AvgIpc) is 3.04. The molecule has 25 heavy (non-hydrogen) atoms. The zero-order valence-electron chi connectivity index (χ0n) is 14.5. The third-order valence-electron chi connectivity index (χ3n) is 5.79. The minimum absolute atomic E-state index is 0.0259. The number of ketones is 1. The molecule has 2 aliphatic carbocycles. The lowest BCUT2D eigenvalue weighted by Gasteiger charge is -2.49. The first-order valence-electron chi connectivity index (χ1n) is 9.05. The number of piperidine rings is 1. The van der Waals surface area contributed by atoms with Crippen molar-refractivity contribution in [2.45, 2.75) is 58.0 Å². The Hall–Kier alpha value is -1.53. The van der Waals surface area contributed by atoms with Crippen LogP contribution in [-0.2, 0) is 14.3 Å². The van der Waals surface area contributed by atoms with Gasteiger partial charge in [0.25, 0.3) is 5.78 Å². The summed E-state index contributed by atoms with van der Waals surface area (Å²) >= 11 is 0. The van der Waals surface area contributed by atoms with Gasteiger partial charge in [-0.1, -0.05) is 12.8 Å². The van der Waals surface area contributed by atoms with Gasteiger partial charge in [0.05, 0.1) is 12.5 Å². The molecule has 1 heterocycles. The maximum absolute atomic E-state index is 13.1. The van der Waals surface area contributed by atoms with Crippen molar-refractivity contribution in [2.24, 2.45) is 11.3 Å². The molecule has 0 bridgehead atoms. The predicted molar refractivity (Wildman–Crippen MR) is 84.5 cm³/mol. The van der Waals surface area contributed by atoms with Crippen molar-refractivity contribution in [3.8, 4) is 0 Å². The highest BCUT2D eigenvalue weighted by atomic mass is 19.4. The Morgan fingerprint density at radius 1 is 1.24 bits per heavy atom. The summed E-state index contributed by atoms with van der Waals surface area (Å²) in [6.07, 6.45) is 0.128. The average molecular weight is 359 g/mol. The first-order chi connectivity index (χ1) is 11.8. The van der Waals surface area contributed by atoms with Gasteiger partial charge in [-0.15, -0.1) is 0 Å². The van der Waals surface area contributed by atoms with E-state index in [4.69, 9.17) is 4.74 Å². The molecule has 3 aliphatic rings. The van der Waals surface area contributed by atoms with Gasteiger partial charge in [-0.2, -0.15) is 13.2 Å². The van der Waals surface area contributed by atoms with Gasteiger partial charge >= 0.3 is 12.1 Å². The normalized spacial score (nSPS) is 25.9. The molecule has 1 atom stereocenters. The van der Waals surface area contributed by atoms with Crippen LogP contribution in [0.3, 0.4) is 0 Å². The lowest BCUT2D eigenvalue weighted by molar-refractivity contribution is -0.169. The molecule has 4 nitrogen and oxygen atoms in total. The largest absolute Gasteiger partial charge is 0.466 e. The monoisotopic (exact) mass is 359 g/mol. The molecule has 2 fully saturated rings. The number of nitrogens with zero attached hydrogens (tertiary/aromatic N) is 1. The Balaban J connectivity index is 1.85. The Morgan fingerprint density at radius 3 is 2.52 bits per heavy atom. The van der Waals surface area contributed by atoms with Crippen LogP contribution < -0.4 is 0 Å². The number of halogens is 3. The van der Waals surface area contributed by atoms with E-state index in [1.54, 1.807) is 6.92 Å².